The third kappa shape index (κ3) is 6.15. The molecule has 0 aliphatic heterocycles. The van der Waals surface area contributed by atoms with Crippen LogP contribution in [-0.4, -0.2) is 33.2 Å². The van der Waals surface area contributed by atoms with Gasteiger partial charge in [0, 0.05) is 5.02 Å². The molecule has 1 amide bonds. The summed E-state index contributed by atoms with van der Waals surface area (Å²) in [5.74, 6) is 0.144. The van der Waals surface area contributed by atoms with Gasteiger partial charge in [-0.1, -0.05) is 35.9 Å². The van der Waals surface area contributed by atoms with Crippen molar-refractivity contribution in [1.82, 2.24) is 5.43 Å². The van der Waals surface area contributed by atoms with Crippen molar-refractivity contribution < 1.29 is 17.9 Å². The number of amides is 1. The molecule has 9 heteroatoms. The highest BCUT2D eigenvalue weighted by Gasteiger charge is 2.28. The summed E-state index contributed by atoms with van der Waals surface area (Å²) >= 11 is 6.14. The highest BCUT2D eigenvalue weighted by atomic mass is 35.5. The number of hydrazone groups is 1. The third-order valence-corrected chi connectivity index (χ3v) is 7.00. The number of ether oxygens (including phenoxy) is 1. The average molecular weight is 500 g/mol. The summed E-state index contributed by atoms with van der Waals surface area (Å²) in [5, 5.41) is 4.50. The first kappa shape index (κ1) is 25.3. The minimum Gasteiger partial charge on any atom is -0.494 e. The topological polar surface area (TPSA) is 88.1 Å². The van der Waals surface area contributed by atoms with Gasteiger partial charge in [-0.2, -0.15) is 5.10 Å². The molecule has 0 radical (unpaired) electrons. The van der Waals surface area contributed by atoms with Gasteiger partial charge in [-0.3, -0.25) is 9.10 Å². The molecule has 3 aromatic carbocycles. The van der Waals surface area contributed by atoms with Crippen molar-refractivity contribution >= 4 is 38.9 Å². The van der Waals surface area contributed by atoms with Gasteiger partial charge in [-0.05, 0) is 80.4 Å². The average Bonchev–Trinajstić information content (AvgIpc) is 2.84. The van der Waals surface area contributed by atoms with Crippen molar-refractivity contribution in [3.63, 3.8) is 0 Å². The lowest BCUT2D eigenvalue weighted by Gasteiger charge is -2.25. The molecule has 3 aromatic rings. The van der Waals surface area contributed by atoms with Crippen LogP contribution in [0.25, 0.3) is 0 Å². The van der Waals surface area contributed by atoms with E-state index in [2.05, 4.69) is 10.5 Å². The lowest BCUT2D eigenvalue weighted by Crippen LogP contribution is -2.40. The number of nitrogens with one attached hydrogen (secondary N) is 1. The Hall–Kier alpha value is -3.36. The van der Waals surface area contributed by atoms with Gasteiger partial charge in [0.15, 0.2) is 0 Å². The molecule has 0 unspecified atom stereocenters. The van der Waals surface area contributed by atoms with Gasteiger partial charge in [0.1, 0.15) is 12.3 Å². The van der Waals surface area contributed by atoms with Crippen molar-refractivity contribution in [2.24, 2.45) is 5.10 Å². The largest absolute Gasteiger partial charge is 0.494 e. The van der Waals surface area contributed by atoms with Gasteiger partial charge in [0.25, 0.3) is 15.9 Å². The highest BCUT2D eigenvalue weighted by Crippen LogP contribution is 2.29. The number of carbonyl (C=O) groups is 1. The Balaban J connectivity index is 1.85. The number of benzene rings is 3. The van der Waals surface area contributed by atoms with Gasteiger partial charge in [-0.15, -0.1) is 0 Å². The number of sulfonamides is 1. The normalized spacial score (nSPS) is 11.7. The number of rotatable bonds is 9. The highest BCUT2D eigenvalue weighted by molar-refractivity contribution is 7.92. The van der Waals surface area contributed by atoms with Crippen molar-refractivity contribution in [1.29, 1.82) is 0 Å². The van der Waals surface area contributed by atoms with Crippen molar-refractivity contribution in [2.45, 2.75) is 25.7 Å². The van der Waals surface area contributed by atoms with Crippen molar-refractivity contribution in [3.8, 4) is 5.75 Å². The summed E-state index contributed by atoms with van der Waals surface area (Å²) in [4.78, 5) is 12.9. The molecule has 0 aromatic heterocycles. The van der Waals surface area contributed by atoms with Crippen LogP contribution < -0.4 is 14.5 Å². The lowest BCUT2D eigenvalue weighted by molar-refractivity contribution is -0.119. The number of hydrogen-bond donors (Lipinski definition) is 1. The fourth-order valence-corrected chi connectivity index (χ4v) is 4.87. The van der Waals surface area contributed by atoms with E-state index >= 15 is 0 Å². The van der Waals surface area contributed by atoms with E-state index in [1.54, 1.807) is 44.2 Å². The fourth-order valence-electron chi connectivity index (χ4n) is 3.21. The van der Waals surface area contributed by atoms with Crippen LogP contribution in [0.4, 0.5) is 5.69 Å². The molecule has 7 nitrogen and oxygen atoms in total. The predicted molar refractivity (Wildman–Crippen MR) is 135 cm³/mol. The van der Waals surface area contributed by atoms with Crippen LogP contribution in [0, 0.1) is 6.92 Å². The van der Waals surface area contributed by atoms with Gasteiger partial charge in [0.2, 0.25) is 0 Å². The molecule has 0 spiro atoms. The molecule has 0 fully saturated rings. The quantitative estimate of drug-likeness (QED) is 0.339. The summed E-state index contributed by atoms with van der Waals surface area (Å²) in [6.07, 6.45) is 0. The fraction of sp³-hybridized carbons (Fsp3) is 0.200. The van der Waals surface area contributed by atoms with Crippen molar-refractivity contribution in [2.75, 3.05) is 17.5 Å². The minimum atomic E-state index is -4.04. The van der Waals surface area contributed by atoms with Gasteiger partial charge >= 0.3 is 0 Å². The summed E-state index contributed by atoms with van der Waals surface area (Å²) in [6.45, 7) is 5.50. The first-order valence-corrected chi connectivity index (χ1v) is 12.4. The molecule has 0 saturated heterocycles. The standard InChI is InChI=1S/C25H26ClN3O4S/c1-4-33-22-14-11-20(12-15-22)19(3)27-28-25(30)17-29(24-16-21(26)13-10-18(24)2)34(31,32)23-8-6-5-7-9-23/h5-16H,4,17H2,1-3H3,(H,28,30)/b27-19-. The summed E-state index contributed by atoms with van der Waals surface area (Å²) in [5.41, 5.74) is 4.79. The van der Waals surface area contributed by atoms with Crippen LogP contribution in [0.1, 0.15) is 25.0 Å². The second-order valence-corrected chi connectivity index (χ2v) is 9.74. The van der Waals surface area contributed by atoms with E-state index in [0.717, 1.165) is 15.6 Å². The summed E-state index contributed by atoms with van der Waals surface area (Å²) < 4.78 is 33.3. The number of carbonyl (C=O) groups excluding carboxylic acids is 1. The van der Waals surface area contributed by atoms with E-state index in [1.807, 2.05) is 31.2 Å². The molecular weight excluding hydrogens is 474 g/mol. The number of nitrogens with zero attached hydrogens (tertiary/aromatic N) is 2. The zero-order valence-electron chi connectivity index (χ0n) is 19.2. The Kier molecular flexibility index (Phi) is 8.31. The second kappa shape index (κ2) is 11.2. The Morgan fingerprint density at radius 3 is 2.38 bits per heavy atom. The molecule has 3 rings (SSSR count). The van der Waals surface area contributed by atoms with E-state index < -0.39 is 22.5 Å². The number of aryl methyl sites for hydroxylation is 1. The van der Waals surface area contributed by atoms with Gasteiger partial charge in [0.05, 0.1) is 22.9 Å². The smallest absolute Gasteiger partial charge is 0.264 e. The number of halogens is 1. The minimum absolute atomic E-state index is 0.0660. The maximum Gasteiger partial charge on any atom is 0.264 e. The molecule has 1 N–H and O–H groups in total. The molecule has 0 aliphatic rings. The number of hydrogen-bond acceptors (Lipinski definition) is 5. The van der Waals surface area contributed by atoms with Crippen molar-refractivity contribution in [3.05, 3.63) is 88.9 Å². The Morgan fingerprint density at radius 1 is 1.06 bits per heavy atom. The molecule has 178 valence electrons. The summed E-state index contributed by atoms with van der Waals surface area (Å²) in [7, 11) is -4.04. The van der Waals surface area contributed by atoms with E-state index in [9.17, 15) is 13.2 Å². The summed E-state index contributed by atoms with van der Waals surface area (Å²) in [6, 6.07) is 20.1. The first-order valence-electron chi connectivity index (χ1n) is 10.6. The van der Waals surface area contributed by atoms with E-state index in [4.69, 9.17) is 16.3 Å². The Labute approximate surface area is 205 Å². The van der Waals surface area contributed by atoms with Crippen LogP contribution in [0.15, 0.2) is 82.8 Å². The van der Waals surface area contributed by atoms with Crippen LogP contribution in [-0.2, 0) is 14.8 Å². The predicted octanol–water partition coefficient (Wildman–Crippen LogP) is 4.78. The molecular formula is C25H26ClN3O4S. The van der Waals surface area contributed by atoms with Crippen LogP contribution in [0.5, 0.6) is 5.75 Å². The monoisotopic (exact) mass is 499 g/mol. The molecule has 0 saturated carbocycles. The van der Waals surface area contributed by atoms with Crippen LogP contribution >= 0.6 is 11.6 Å². The van der Waals surface area contributed by atoms with Gasteiger partial charge < -0.3 is 4.74 Å². The zero-order valence-corrected chi connectivity index (χ0v) is 20.7. The first-order chi connectivity index (χ1) is 16.2. The molecule has 0 heterocycles. The SMILES string of the molecule is CCOc1ccc(/C(C)=N\NC(=O)CN(c2cc(Cl)ccc2C)S(=O)(=O)c2ccccc2)cc1. The molecule has 0 bridgehead atoms. The number of anilines is 1. The molecule has 0 atom stereocenters. The zero-order chi connectivity index (χ0) is 24.7. The van der Waals surface area contributed by atoms with Gasteiger partial charge in [-0.25, -0.2) is 13.8 Å². The maximum absolute atomic E-state index is 13.4. The molecule has 34 heavy (non-hydrogen) atoms. The van der Waals surface area contributed by atoms with E-state index in [1.165, 1.54) is 18.2 Å². The van der Waals surface area contributed by atoms with E-state index in [-0.39, 0.29) is 4.90 Å². The van der Waals surface area contributed by atoms with E-state index in [0.29, 0.717) is 28.6 Å². The lowest BCUT2D eigenvalue weighted by atomic mass is 10.1. The maximum atomic E-state index is 13.4. The van der Waals surface area contributed by atoms with Crippen LogP contribution in [0.2, 0.25) is 5.02 Å². The third-order valence-electron chi connectivity index (χ3n) is 4.99. The van der Waals surface area contributed by atoms with Crippen LogP contribution in [0.3, 0.4) is 0 Å². The second-order valence-electron chi connectivity index (χ2n) is 7.45. The molecule has 0 aliphatic carbocycles. The Bertz CT molecular complexity index is 1280. The Morgan fingerprint density at radius 2 is 1.74 bits per heavy atom.